The minimum absolute atomic E-state index is 0.191. The van der Waals surface area contributed by atoms with Gasteiger partial charge in [0.25, 0.3) is 11.1 Å². The maximum Gasteiger partial charge on any atom is 0.294 e. The van der Waals surface area contributed by atoms with Gasteiger partial charge in [-0.2, -0.15) is 0 Å². The van der Waals surface area contributed by atoms with Crippen LogP contribution in [0.15, 0.2) is 39.7 Å². The van der Waals surface area contributed by atoms with Gasteiger partial charge in [-0.25, -0.2) is 0 Å². The summed E-state index contributed by atoms with van der Waals surface area (Å²) in [6, 6.07) is 8.41. The molecular formula is C19H16Cl2N2O4S. The second-order valence-electron chi connectivity index (χ2n) is 5.94. The van der Waals surface area contributed by atoms with E-state index in [1.807, 2.05) is 6.92 Å². The van der Waals surface area contributed by atoms with E-state index < -0.39 is 11.1 Å². The molecule has 1 aromatic heterocycles. The number of furan rings is 1. The van der Waals surface area contributed by atoms with Crippen molar-refractivity contribution < 1.29 is 18.8 Å². The summed E-state index contributed by atoms with van der Waals surface area (Å²) in [4.78, 5) is 37.5. The summed E-state index contributed by atoms with van der Waals surface area (Å²) in [5.74, 6) is 0.000212. The number of imide groups is 1. The topological polar surface area (TPSA) is 79.6 Å². The van der Waals surface area contributed by atoms with Gasteiger partial charge in [-0.3, -0.25) is 19.3 Å². The quantitative estimate of drug-likeness (QED) is 0.654. The van der Waals surface area contributed by atoms with Crippen molar-refractivity contribution in [2.45, 2.75) is 13.3 Å². The third-order valence-corrected chi connectivity index (χ3v) is 5.30. The number of amides is 3. The van der Waals surface area contributed by atoms with Gasteiger partial charge in [0.1, 0.15) is 18.1 Å². The number of hydrogen-bond donors (Lipinski definition) is 1. The van der Waals surface area contributed by atoms with Gasteiger partial charge in [0, 0.05) is 23.2 Å². The largest absolute Gasteiger partial charge is 0.457 e. The highest BCUT2D eigenvalue weighted by molar-refractivity contribution is 8.18. The Kier molecular flexibility index (Phi) is 6.49. The first kappa shape index (κ1) is 20.5. The Morgan fingerprint density at radius 1 is 1.25 bits per heavy atom. The van der Waals surface area contributed by atoms with E-state index in [0.29, 0.717) is 33.7 Å². The van der Waals surface area contributed by atoms with Gasteiger partial charge in [0.05, 0.1) is 9.93 Å². The molecular weight excluding hydrogens is 423 g/mol. The molecule has 0 bridgehead atoms. The van der Waals surface area contributed by atoms with Crippen LogP contribution in [0.1, 0.15) is 19.1 Å². The zero-order valence-corrected chi connectivity index (χ0v) is 17.2. The molecule has 0 atom stereocenters. The van der Waals surface area contributed by atoms with Crippen molar-refractivity contribution in [3.8, 4) is 11.3 Å². The normalized spacial score (nSPS) is 15.5. The van der Waals surface area contributed by atoms with Crippen LogP contribution in [0.4, 0.5) is 4.79 Å². The van der Waals surface area contributed by atoms with E-state index >= 15 is 0 Å². The van der Waals surface area contributed by atoms with Crippen LogP contribution in [0.2, 0.25) is 10.0 Å². The Hall–Kier alpha value is -2.22. The van der Waals surface area contributed by atoms with Crippen molar-refractivity contribution >= 4 is 58.1 Å². The minimum atomic E-state index is -0.524. The zero-order valence-electron chi connectivity index (χ0n) is 14.8. The Morgan fingerprint density at radius 2 is 2.04 bits per heavy atom. The second kappa shape index (κ2) is 8.86. The minimum Gasteiger partial charge on any atom is -0.457 e. The van der Waals surface area contributed by atoms with Crippen molar-refractivity contribution in [3.05, 3.63) is 51.0 Å². The van der Waals surface area contributed by atoms with Crippen LogP contribution < -0.4 is 5.32 Å². The zero-order chi connectivity index (χ0) is 20.3. The first-order chi connectivity index (χ1) is 13.4. The summed E-state index contributed by atoms with van der Waals surface area (Å²) < 4.78 is 5.73. The van der Waals surface area contributed by atoms with E-state index in [1.165, 1.54) is 6.08 Å². The van der Waals surface area contributed by atoms with Crippen molar-refractivity contribution in [3.63, 3.8) is 0 Å². The molecule has 28 heavy (non-hydrogen) atoms. The molecule has 1 N–H and O–H groups in total. The van der Waals surface area contributed by atoms with Gasteiger partial charge in [-0.1, -0.05) is 30.1 Å². The van der Waals surface area contributed by atoms with E-state index in [2.05, 4.69) is 5.32 Å². The first-order valence-corrected chi connectivity index (χ1v) is 10.0. The van der Waals surface area contributed by atoms with Crippen molar-refractivity contribution in [1.29, 1.82) is 0 Å². The van der Waals surface area contributed by atoms with Gasteiger partial charge < -0.3 is 9.73 Å². The lowest BCUT2D eigenvalue weighted by Crippen LogP contribution is -2.39. The van der Waals surface area contributed by atoms with E-state index in [0.717, 1.165) is 23.1 Å². The highest BCUT2D eigenvalue weighted by Gasteiger charge is 2.36. The molecule has 2 aromatic rings. The average molecular weight is 439 g/mol. The molecule has 1 saturated heterocycles. The van der Waals surface area contributed by atoms with Crippen LogP contribution in [0, 0.1) is 0 Å². The summed E-state index contributed by atoms with van der Waals surface area (Å²) in [6.07, 6.45) is 2.24. The predicted molar refractivity (Wildman–Crippen MR) is 110 cm³/mol. The SMILES string of the molecule is CCCNC(=O)CN1C(=O)S/C(=C\c2ccc(-c3ccc(Cl)cc3Cl)o2)C1=O. The van der Waals surface area contributed by atoms with Gasteiger partial charge >= 0.3 is 0 Å². The molecule has 2 heterocycles. The third-order valence-electron chi connectivity index (χ3n) is 3.84. The molecule has 3 rings (SSSR count). The number of thioether (sulfide) groups is 1. The summed E-state index contributed by atoms with van der Waals surface area (Å²) in [6.45, 7) is 2.11. The Balaban J connectivity index is 1.75. The molecule has 146 valence electrons. The second-order valence-corrected chi connectivity index (χ2v) is 7.78. The lowest BCUT2D eigenvalue weighted by molar-refractivity contribution is -0.129. The molecule has 1 aromatic carbocycles. The maximum absolute atomic E-state index is 12.5. The number of carbonyl (C=O) groups excluding carboxylic acids is 3. The lowest BCUT2D eigenvalue weighted by atomic mass is 10.2. The number of carbonyl (C=O) groups is 3. The fourth-order valence-corrected chi connectivity index (χ4v) is 3.81. The van der Waals surface area contributed by atoms with E-state index in [-0.39, 0.29) is 17.4 Å². The van der Waals surface area contributed by atoms with Gasteiger partial charge in [0.15, 0.2) is 0 Å². The summed E-state index contributed by atoms with van der Waals surface area (Å²) >= 11 is 12.9. The van der Waals surface area contributed by atoms with Crippen LogP contribution in [0.3, 0.4) is 0 Å². The number of nitrogens with zero attached hydrogens (tertiary/aromatic N) is 1. The Bertz CT molecular complexity index is 971. The number of halogens is 2. The van der Waals surface area contributed by atoms with Gasteiger partial charge in [0.2, 0.25) is 5.91 Å². The molecule has 1 fully saturated rings. The van der Waals surface area contributed by atoms with Gasteiger partial charge in [-0.05, 0) is 48.5 Å². The highest BCUT2D eigenvalue weighted by atomic mass is 35.5. The number of nitrogens with one attached hydrogen (secondary N) is 1. The fourth-order valence-electron chi connectivity index (χ4n) is 2.49. The monoisotopic (exact) mass is 438 g/mol. The van der Waals surface area contributed by atoms with Gasteiger partial charge in [-0.15, -0.1) is 0 Å². The molecule has 1 aliphatic rings. The molecule has 0 saturated carbocycles. The third kappa shape index (κ3) is 4.60. The maximum atomic E-state index is 12.5. The van der Waals surface area contributed by atoms with Crippen LogP contribution in [0.25, 0.3) is 17.4 Å². The van der Waals surface area contributed by atoms with Crippen molar-refractivity contribution in [1.82, 2.24) is 10.2 Å². The first-order valence-electron chi connectivity index (χ1n) is 8.46. The van der Waals surface area contributed by atoms with Crippen LogP contribution >= 0.6 is 35.0 Å². The van der Waals surface area contributed by atoms with E-state index in [1.54, 1.807) is 30.3 Å². The number of benzene rings is 1. The number of hydrogen-bond acceptors (Lipinski definition) is 5. The van der Waals surface area contributed by atoms with E-state index in [9.17, 15) is 14.4 Å². The van der Waals surface area contributed by atoms with Crippen LogP contribution in [-0.2, 0) is 9.59 Å². The smallest absolute Gasteiger partial charge is 0.294 e. The van der Waals surface area contributed by atoms with E-state index in [4.69, 9.17) is 27.6 Å². The predicted octanol–water partition coefficient (Wildman–Crippen LogP) is 4.82. The molecule has 3 amide bonds. The Labute approximate surface area is 175 Å². The van der Waals surface area contributed by atoms with Crippen LogP contribution in [0.5, 0.6) is 0 Å². The lowest BCUT2D eigenvalue weighted by Gasteiger charge is -2.11. The molecule has 1 aliphatic heterocycles. The fraction of sp³-hybridized carbons (Fsp3) is 0.211. The molecule has 0 unspecified atom stereocenters. The summed E-state index contributed by atoms with van der Waals surface area (Å²) in [5, 5.41) is 3.10. The molecule has 0 spiro atoms. The molecule has 9 heteroatoms. The highest BCUT2D eigenvalue weighted by Crippen LogP contribution is 2.35. The molecule has 0 aliphatic carbocycles. The Morgan fingerprint density at radius 3 is 2.75 bits per heavy atom. The summed E-state index contributed by atoms with van der Waals surface area (Å²) in [5.41, 5.74) is 0.659. The van der Waals surface area contributed by atoms with Crippen molar-refractivity contribution in [2.24, 2.45) is 0 Å². The molecule has 0 radical (unpaired) electrons. The van der Waals surface area contributed by atoms with Crippen molar-refractivity contribution in [2.75, 3.05) is 13.1 Å². The summed E-state index contributed by atoms with van der Waals surface area (Å²) in [7, 11) is 0. The molecule has 6 nitrogen and oxygen atoms in total. The standard InChI is InChI=1S/C19H16Cl2N2O4S/c1-2-7-22-17(24)10-23-18(25)16(28-19(23)26)9-12-4-6-15(27-12)13-5-3-11(20)8-14(13)21/h3-6,8-9H,2,7,10H2,1H3,(H,22,24)/b16-9-. The number of rotatable bonds is 6. The average Bonchev–Trinajstić information content (AvgIpc) is 3.20. The van der Waals surface area contributed by atoms with Crippen LogP contribution in [-0.4, -0.2) is 35.0 Å².